The third kappa shape index (κ3) is 2.92. The molecule has 3 rings (SSSR count). The maximum atomic E-state index is 6.14. The van der Waals surface area contributed by atoms with Crippen molar-refractivity contribution in [2.45, 2.75) is 25.9 Å². The van der Waals surface area contributed by atoms with Gasteiger partial charge in [-0.1, -0.05) is 11.6 Å². The number of imidazole rings is 2. The Morgan fingerprint density at radius 3 is 2.90 bits per heavy atom. The summed E-state index contributed by atoms with van der Waals surface area (Å²) in [5.41, 5.74) is 2.01. The normalized spacial score (nSPS) is 12.9. The largest absolute Gasteiger partial charge is 0.335 e. The van der Waals surface area contributed by atoms with Crippen molar-refractivity contribution in [3.63, 3.8) is 0 Å². The van der Waals surface area contributed by atoms with E-state index in [1.54, 1.807) is 6.20 Å². The third-order valence-corrected chi connectivity index (χ3v) is 3.94. The Balaban J connectivity index is 2.05. The minimum Gasteiger partial charge on any atom is -0.335 e. The molecular weight excluding hydrogens is 307 g/mol. The number of hydrogen-bond acceptors (Lipinski definition) is 2. The molecule has 0 radical (unpaired) electrons. The van der Waals surface area contributed by atoms with Gasteiger partial charge in [-0.15, -0.1) is 11.6 Å². The summed E-state index contributed by atoms with van der Waals surface area (Å²) in [5.74, 6) is 1.55. The van der Waals surface area contributed by atoms with Crippen LogP contribution < -0.4 is 0 Å². The van der Waals surface area contributed by atoms with E-state index in [1.807, 2.05) is 30.7 Å². The average Bonchev–Trinajstić information content (AvgIpc) is 3.06. The Hall–Kier alpha value is -1.52. The molecule has 6 heteroatoms. The van der Waals surface area contributed by atoms with Gasteiger partial charge in [0.25, 0.3) is 0 Å². The second-order valence-corrected chi connectivity index (χ2v) is 5.89. The highest BCUT2D eigenvalue weighted by atomic mass is 35.5. The molecule has 0 saturated carbocycles. The minimum atomic E-state index is 0.237. The van der Waals surface area contributed by atoms with Crippen LogP contribution in [0.3, 0.4) is 0 Å². The quantitative estimate of drug-likeness (QED) is 0.667. The van der Waals surface area contributed by atoms with Crippen molar-refractivity contribution in [1.29, 1.82) is 0 Å². The Kier molecular flexibility index (Phi) is 4.17. The van der Waals surface area contributed by atoms with Crippen LogP contribution in [-0.4, -0.2) is 25.0 Å². The van der Waals surface area contributed by atoms with Gasteiger partial charge in [0.2, 0.25) is 0 Å². The van der Waals surface area contributed by atoms with Crippen LogP contribution in [0, 0.1) is 0 Å². The highest BCUT2D eigenvalue weighted by molar-refractivity contribution is 6.31. The number of aryl methyl sites for hydroxylation is 1. The second kappa shape index (κ2) is 6.08. The fourth-order valence-electron chi connectivity index (χ4n) is 2.65. The first kappa shape index (κ1) is 14.4. The highest BCUT2D eigenvalue weighted by Gasteiger charge is 2.16. The van der Waals surface area contributed by atoms with Gasteiger partial charge < -0.3 is 9.13 Å². The molecular formula is C15H16Cl2N4. The van der Waals surface area contributed by atoms with Crippen molar-refractivity contribution in [1.82, 2.24) is 19.1 Å². The van der Waals surface area contributed by atoms with Crippen LogP contribution in [0.1, 0.15) is 18.8 Å². The lowest BCUT2D eigenvalue weighted by atomic mass is 10.2. The Morgan fingerprint density at radius 2 is 2.19 bits per heavy atom. The van der Waals surface area contributed by atoms with E-state index in [1.165, 1.54) is 0 Å². The van der Waals surface area contributed by atoms with Crippen LogP contribution >= 0.6 is 23.2 Å². The third-order valence-electron chi connectivity index (χ3n) is 3.52. The fourth-order valence-corrected chi connectivity index (χ4v) is 2.99. The molecule has 0 fully saturated rings. The molecule has 0 aliphatic rings. The summed E-state index contributed by atoms with van der Waals surface area (Å²) in [6.45, 7) is 2.99. The first-order chi connectivity index (χ1) is 10.2. The van der Waals surface area contributed by atoms with E-state index in [0.29, 0.717) is 5.88 Å². The molecule has 4 nitrogen and oxygen atoms in total. The van der Waals surface area contributed by atoms with Crippen molar-refractivity contribution in [2.24, 2.45) is 0 Å². The van der Waals surface area contributed by atoms with Crippen LogP contribution in [0.25, 0.3) is 11.0 Å². The molecule has 2 aromatic heterocycles. The van der Waals surface area contributed by atoms with Gasteiger partial charge in [0.1, 0.15) is 5.82 Å². The fraction of sp³-hybridized carbons (Fsp3) is 0.333. The average molecular weight is 323 g/mol. The number of aromatic nitrogens is 4. The van der Waals surface area contributed by atoms with Gasteiger partial charge in [-0.25, -0.2) is 9.97 Å². The van der Waals surface area contributed by atoms with Gasteiger partial charge in [0.05, 0.1) is 23.4 Å². The summed E-state index contributed by atoms with van der Waals surface area (Å²) >= 11 is 12.1. The van der Waals surface area contributed by atoms with Crippen LogP contribution in [0.2, 0.25) is 5.02 Å². The number of hydrogen-bond donors (Lipinski definition) is 0. The molecule has 0 aliphatic heterocycles. The SMILES string of the molecule is CC(Cn1ccnc1)n1c(CCCl)nc2ccc(Cl)cc21. The molecule has 1 aromatic carbocycles. The predicted molar refractivity (Wildman–Crippen MR) is 86.1 cm³/mol. The molecule has 1 atom stereocenters. The minimum absolute atomic E-state index is 0.237. The highest BCUT2D eigenvalue weighted by Crippen LogP contribution is 2.25. The number of rotatable bonds is 5. The van der Waals surface area contributed by atoms with Crippen molar-refractivity contribution < 1.29 is 0 Å². The Morgan fingerprint density at radius 1 is 1.33 bits per heavy atom. The van der Waals surface area contributed by atoms with Crippen molar-refractivity contribution in [2.75, 3.05) is 5.88 Å². The van der Waals surface area contributed by atoms with Gasteiger partial charge in [0.15, 0.2) is 0 Å². The van der Waals surface area contributed by atoms with E-state index in [9.17, 15) is 0 Å². The summed E-state index contributed by atoms with van der Waals surface area (Å²) in [6, 6.07) is 6.02. The maximum absolute atomic E-state index is 6.14. The van der Waals surface area contributed by atoms with Gasteiger partial charge in [0, 0.05) is 36.3 Å². The van der Waals surface area contributed by atoms with Crippen LogP contribution in [0.5, 0.6) is 0 Å². The monoisotopic (exact) mass is 322 g/mol. The molecule has 3 aromatic rings. The van der Waals surface area contributed by atoms with E-state index in [2.05, 4.69) is 26.0 Å². The first-order valence-electron chi connectivity index (χ1n) is 6.87. The van der Waals surface area contributed by atoms with Crippen molar-refractivity contribution >= 4 is 34.2 Å². The zero-order valence-corrected chi connectivity index (χ0v) is 13.2. The molecule has 21 heavy (non-hydrogen) atoms. The van der Waals surface area contributed by atoms with E-state index in [-0.39, 0.29) is 6.04 Å². The number of benzene rings is 1. The van der Waals surface area contributed by atoms with E-state index < -0.39 is 0 Å². The lowest BCUT2D eigenvalue weighted by Gasteiger charge is -2.18. The van der Waals surface area contributed by atoms with E-state index in [4.69, 9.17) is 23.2 Å². The van der Waals surface area contributed by atoms with Crippen molar-refractivity contribution in [3.8, 4) is 0 Å². The van der Waals surface area contributed by atoms with E-state index >= 15 is 0 Å². The summed E-state index contributed by atoms with van der Waals surface area (Å²) in [6.07, 6.45) is 6.31. The zero-order valence-electron chi connectivity index (χ0n) is 11.7. The summed E-state index contributed by atoms with van der Waals surface area (Å²) in [4.78, 5) is 8.78. The van der Waals surface area contributed by atoms with E-state index in [0.717, 1.165) is 34.8 Å². The summed E-state index contributed by atoms with van der Waals surface area (Å²) in [5, 5.41) is 0.718. The maximum Gasteiger partial charge on any atom is 0.111 e. The number of halogens is 2. The Labute approximate surface area is 133 Å². The molecule has 0 saturated heterocycles. The summed E-state index contributed by atoms with van der Waals surface area (Å²) < 4.78 is 4.29. The molecule has 1 unspecified atom stereocenters. The van der Waals surface area contributed by atoms with Crippen LogP contribution in [0.15, 0.2) is 36.9 Å². The summed E-state index contributed by atoms with van der Waals surface area (Å²) in [7, 11) is 0. The lowest BCUT2D eigenvalue weighted by molar-refractivity contribution is 0.461. The molecule has 0 amide bonds. The topological polar surface area (TPSA) is 35.6 Å². The molecule has 110 valence electrons. The van der Waals surface area contributed by atoms with Crippen LogP contribution in [-0.2, 0) is 13.0 Å². The number of nitrogens with zero attached hydrogens (tertiary/aromatic N) is 4. The van der Waals surface area contributed by atoms with Gasteiger partial charge in [-0.05, 0) is 25.1 Å². The zero-order chi connectivity index (χ0) is 14.8. The molecule has 0 N–H and O–H groups in total. The standard InChI is InChI=1S/C15H16Cl2N4/c1-11(9-20-7-6-18-10-20)21-14-8-12(17)2-3-13(14)19-15(21)4-5-16/h2-3,6-8,10-11H,4-5,9H2,1H3. The molecule has 2 heterocycles. The molecule has 0 aliphatic carbocycles. The second-order valence-electron chi connectivity index (χ2n) is 5.08. The molecule has 0 spiro atoms. The van der Waals surface area contributed by atoms with Crippen molar-refractivity contribution in [3.05, 3.63) is 47.8 Å². The smallest absolute Gasteiger partial charge is 0.111 e. The van der Waals surface area contributed by atoms with Crippen LogP contribution in [0.4, 0.5) is 0 Å². The number of fused-ring (bicyclic) bond motifs is 1. The number of alkyl halides is 1. The van der Waals surface area contributed by atoms with Gasteiger partial charge in [-0.3, -0.25) is 0 Å². The first-order valence-corrected chi connectivity index (χ1v) is 7.78. The lowest BCUT2D eigenvalue weighted by Crippen LogP contribution is -2.15. The Bertz CT molecular complexity index is 734. The van der Waals surface area contributed by atoms with Gasteiger partial charge in [-0.2, -0.15) is 0 Å². The molecule has 0 bridgehead atoms. The van der Waals surface area contributed by atoms with Gasteiger partial charge >= 0.3 is 0 Å². The predicted octanol–water partition coefficient (Wildman–Crippen LogP) is 3.93.